The molecule has 5 nitrogen and oxygen atoms in total. The molecule has 0 aliphatic heterocycles. The minimum atomic E-state index is 0.250. The Bertz CT molecular complexity index is 418. The summed E-state index contributed by atoms with van der Waals surface area (Å²) in [6.07, 6.45) is 3.37. The highest BCUT2D eigenvalue weighted by Gasteiger charge is 2.08. The summed E-state index contributed by atoms with van der Waals surface area (Å²) in [6.45, 7) is 0. The SMILES string of the molecule is NC(=S)c1nccn1-c1nncs1. The maximum absolute atomic E-state index is 5.47. The Kier molecular flexibility index (Phi) is 2.03. The van der Waals surface area contributed by atoms with Crippen molar-refractivity contribution in [2.45, 2.75) is 0 Å². The average Bonchev–Trinajstić information content (AvgIpc) is 2.74. The molecule has 2 heterocycles. The second-order valence-corrected chi connectivity index (χ2v) is 3.46. The third kappa shape index (κ3) is 1.43. The van der Waals surface area contributed by atoms with Crippen LogP contribution in [0.5, 0.6) is 0 Å². The first-order chi connectivity index (χ1) is 6.29. The van der Waals surface area contributed by atoms with Crippen LogP contribution in [0.25, 0.3) is 5.13 Å². The molecule has 2 rings (SSSR count). The first-order valence-corrected chi connectivity index (χ1v) is 4.67. The molecule has 66 valence electrons. The normalized spacial score (nSPS) is 10.2. The van der Waals surface area contributed by atoms with E-state index in [-0.39, 0.29) is 4.99 Å². The number of aromatic nitrogens is 4. The predicted molar refractivity (Wildman–Crippen MR) is 52.9 cm³/mol. The molecule has 13 heavy (non-hydrogen) atoms. The van der Waals surface area contributed by atoms with Gasteiger partial charge in [-0.3, -0.25) is 4.57 Å². The third-order valence-electron chi connectivity index (χ3n) is 1.42. The molecule has 0 aliphatic carbocycles. The maximum atomic E-state index is 5.47. The Morgan fingerprint density at radius 2 is 2.46 bits per heavy atom. The zero-order valence-electron chi connectivity index (χ0n) is 6.41. The third-order valence-corrected chi connectivity index (χ3v) is 2.29. The molecule has 2 aromatic heterocycles. The van der Waals surface area contributed by atoms with E-state index in [1.165, 1.54) is 11.3 Å². The predicted octanol–water partition coefficient (Wildman–Crippen LogP) is 0.358. The van der Waals surface area contributed by atoms with Crippen LogP contribution in [0.15, 0.2) is 17.9 Å². The molecule has 0 saturated carbocycles. The van der Waals surface area contributed by atoms with Crippen LogP contribution in [0.4, 0.5) is 0 Å². The topological polar surface area (TPSA) is 69.6 Å². The molecule has 0 aliphatic rings. The van der Waals surface area contributed by atoms with Crippen LogP contribution in [0.3, 0.4) is 0 Å². The number of hydrogen-bond acceptors (Lipinski definition) is 5. The quantitative estimate of drug-likeness (QED) is 0.726. The molecule has 0 saturated heterocycles. The molecule has 2 N–H and O–H groups in total. The smallest absolute Gasteiger partial charge is 0.217 e. The van der Waals surface area contributed by atoms with Gasteiger partial charge < -0.3 is 5.73 Å². The van der Waals surface area contributed by atoms with Crippen molar-refractivity contribution >= 4 is 28.5 Å². The molecule has 0 aromatic carbocycles. The minimum absolute atomic E-state index is 0.250. The number of nitrogens with zero attached hydrogens (tertiary/aromatic N) is 4. The van der Waals surface area contributed by atoms with Gasteiger partial charge in [-0.25, -0.2) is 4.98 Å². The van der Waals surface area contributed by atoms with E-state index < -0.39 is 0 Å². The Morgan fingerprint density at radius 1 is 1.62 bits per heavy atom. The van der Waals surface area contributed by atoms with Crippen molar-refractivity contribution in [2.24, 2.45) is 5.73 Å². The summed E-state index contributed by atoms with van der Waals surface area (Å²) in [6, 6.07) is 0. The van der Waals surface area contributed by atoms with E-state index in [1.54, 1.807) is 22.5 Å². The monoisotopic (exact) mass is 211 g/mol. The molecule has 0 unspecified atom stereocenters. The van der Waals surface area contributed by atoms with E-state index in [1.807, 2.05) is 0 Å². The van der Waals surface area contributed by atoms with Gasteiger partial charge in [0.05, 0.1) is 0 Å². The molecule has 0 radical (unpaired) electrons. The molecule has 0 spiro atoms. The molecule has 0 fully saturated rings. The second-order valence-electron chi connectivity index (χ2n) is 2.21. The number of hydrogen-bond donors (Lipinski definition) is 1. The van der Waals surface area contributed by atoms with Gasteiger partial charge in [-0.1, -0.05) is 23.6 Å². The van der Waals surface area contributed by atoms with Crippen LogP contribution in [-0.2, 0) is 0 Å². The van der Waals surface area contributed by atoms with Crippen molar-refractivity contribution < 1.29 is 0 Å². The Labute approximate surface area is 83.2 Å². The Morgan fingerprint density at radius 3 is 3.08 bits per heavy atom. The fraction of sp³-hybridized carbons (Fsp3) is 0. The second kappa shape index (κ2) is 3.19. The lowest BCUT2D eigenvalue weighted by Crippen LogP contribution is -2.15. The number of imidazole rings is 1. The van der Waals surface area contributed by atoms with Crippen LogP contribution in [0, 0.1) is 0 Å². The molecule has 2 aromatic rings. The van der Waals surface area contributed by atoms with Gasteiger partial charge in [0.15, 0.2) is 5.82 Å². The van der Waals surface area contributed by atoms with Crippen LogP contribution >= 0.6 is 23.6 Å². The van der Waals surface area contributed by atoms with Crippen molar-refractivity contribution in [2.75, 3.05) is 0 Å². The number of nitrogens with two attached hydrogens (primary N) is 1. The fourth-order valence-electron chi connectivity index (χ4n) is 0.912. The van der Waals surface area contributed by atoms with Crippen LogP contribution in [-0.4, -0.2) is 24.7 Å². The molecular formula is C6H5N5S2. The summed E-state index contributed by atoms with van der Waals surface area (Å²) < 4.78 is 1.71. The van der Waals surface area contributed by atoms with E-state index in [4.69, 9.17) is 18.0 Å². The van der Waals surface area contributed by atoms with E-state index >= 15 is 0 Å². The highest BCUT2D eigenvalue weighted by molar-refractivity contribution is 7.80. The van der Waals surface area contributed by atoms with Gasteiger partial charge in [-0.15, -0.1) is 10.2 Å². The van der Waals surface area contributed by atoms with E-state index in [9.17, 15) is 0 Å². The van der Waals surface area contributed by atoms with Crippen molar-refractivity contribution in [1.29, 1.82) is 0 Å². The molecular weight excluding hydrogens is 206 g/mol. The molecule has 7 heteroatoms. The first-order valence-electron chi connectivity index (χ1n) is 3.38. The van der Waals surface area contributed by atoms with Gasteiger partial charge in [0, 0.05) is 12.4 Å². The molecule has 0 amide bonds. The fourth-order valence-corrected chi connectivity index (χ4v) is 1.61. The van der Waals surface area contributed by atoms with Crippen LogP contribution in [0.2, 0.25) is 0 Å². The van der Waals surface area contributed by atoms with Crippen molar-refractivity contribution in [3.8, 4) is 5.13 Å². The average molecular weight is 211 g/mol. The van der Waals surface area contributed by atoms with Gasteiger partial charge in [0.25, 0.3) is 0 Å². The van der Waals surface area contributed by atoms with Crippen molar-refractivity contribution in [3.63, 3.8) is 0 Å². The van der Waals surface area contributed by atoms with E-state index in [2.05, 4.69) is 15.2 Å². The van der Waals surface area contributed by atoms with Gasteiger partial charge in [0.1, 0.15) is 10.5 Å². The lowest BCUT2D eigenvalue weighted by atomic mass is 10.6. The van der Waals surface area contributed by atoms with E-state index in [0.29, 0.717) is 11.0 Å². The largest absolute Gasteiger partial charge is 0.387 e. The van der Waals surface area contributed by atoms with Gasteiger partial charge in [-0.2, -0.15) is 0 Å². The van der Waals surface area contributed by atoms with Crippen molar-refractivity contribution in [3.05, 3.63) is 23.7 Å². The maximum Gasteiger partial charge on any atom is 0.217 e. The number of thiocarbonyl (C=S) groups is 1. The highest BCUT2D eigenvalue weighted by atomic mass is 32.1. The minimum Gasteiger partial charge on any atom is -0.387 e. The Hall–Kier alpha value is -1.34. The van der Waals surface area contributed by atoms with Crippen LogP contribution in [0.1, 0.15) is 5.82 Å². The zero-order chi connectivity index (χ0) is 9.26. The molecule has 0 bridgehead atoms. The summed E-state index contributed by atoms with van der Waals surface area (Å²) in [4.78, 5) is 4.26. The van der Waals surface area contributed by atoms with Gasteiger partial charge in [0.2, 0.25) is 5.13 Å². The van der Waals surface area contributed by atoms with Crippen molar-refractivity contribution in [1.82, 2.24) is 19.7 Å². The highest BCUT2D eigenvalue weighted by Crippen LogP contribution is 2.11. The zero-order valence-corrected chi connectivity index (χ0v) is 8.05. The lowest BCUT2D eigenvalue weighted by Gasteiger charge is -1.99. The Balaban J connectivity index is 2.52. The van der Waals surface area contributed by atoms with Crippen LogP contribution < -0.4 is 5.73 Å². The van der Waals surface area contributed by atoms with Gasteiger partial charge >= 0.3 is 0 Å². The van der Waals surface area contributed by atoms with E-state index in [0.717, 1.165) is 0 Å². The first kappa shape index (κ1) is 8.27. The number of rotatable bonds is 2. The summed E-state index contributed by atoms with van der Waals surface area (Å²) in [7, 11) is 0. The summed E-state index contributed by atoms with van der Waals surface area (Å²) >= 11 is 6.23. The summed E-state index contributed by atoms with van der Waals surface area (Å²) in [5.74, 6) is 0.534. The molecule has 0 atom stereocenters. The lowest BCUT2D eigenvalue weighted by molar-refractivity contribution is 0.954. The standard InChI is InChI=1S/C6H5N5S2/c7-4(12)5-8-1-2-11(5)6-10-9-3-13-6/h1-3H,(H2,7,12). The summed E-state index contributed by atoms with van der Waals surface area (Å²) in [5, 5.41) is 8.30. The summed E-state index contributed by atoms with van der Waals surface area (Å²) in [5.41, 5.74) is 7.11. The van der Waals surface area contributed by atoms with Gasteiger partial charge in [-0.05, 0) is 0 Å².